The monoisotopic (exact) mass is 440 g/mol. The second kappa shape index (κ2) is 13.8. The maximum atomic E-state index is 9.25. The van der Waals surface area contributed by atoms with E-state index in [1.807, 2.05) is 0 Å². The van der Waals surface area contributed by atoms with Crippen molar-refractivity contribution in [1.29, 1.82) is 0 Å². The number of aliphatic hydroxyl groups is 4. The summed E-state index contributed by atoms with van der Waals surface area (Å²) in [6, 6.07) is 0. The minimum atomic E-state index is -0.976. The van der Waals surface area contributed by atoms with Crippen LogP contribution in [0.25, 0.3) is 0 Å². The Morgan fingerprint density at radius 3 is 1.00 bits per heavy atom. The zero-order valence-electron chi connectivity index (χ0n) is 12.1. The SMILES string of the molecule is C[C@@H](Cl)[C@H](Cl)[C@H](O)[C@H](Cl)CO.C[C@@H](Cl)[C@H](Cl)[C@H](O)[C@H](Cl)CO. The molecule has 0 heterocycles. The molecule has 0 saturated heterocycles. The Hall–Kier alpha value is 1.58. The van der Waals surface area contributed by atoms with Crippen molar-refractivity contribution < 1.29 is 20.4 Å². The predicted octanol–water partition coefficient (Wildman–Crippen LogP) is 2.36. The molecule has 8 atom stereocenters. The molecule has 0 radical (unpaired) electrons. The van der Waals surface area contributed by atoms with Crippen molar-refractivity contribution in [2.24, 2.45) is 0 Å². The summed E-state index contributed by atoms with van der Waals surface area (Å²) in [6.07, 6.45) is -1.95. The molecule has 0 spiro atoms. The molecule has 0 bridgehead atoms. The van der Waals surface area contributed by atoms with E-state index in [1.165, 1.54) is 0 Å². The number of halogens is 6. The molecule has 0 amide bonds. The molecule has 0 fully saturated rings. The standard InChI is InChI=1S/2C6H11Cl3O2/c2*1-3(7)5(9)6(11)4(8)2-10/h2*3-6,10-11H,2H2,1H3/t2*3-,4-,5+,6-/m11/s1. The van der Waals surface area contributed by atoms with Crippen LogP contribution in [0.4, 0.5) is 0 Å². The van der Waals surface area contributed by atoms with E-state index < -0.39 is 33.7 Å². The quantitative estimate of drug-likeness (QED) is 0.435. The molecule has 4 N–H and O–H groups in total. The predicted molar refractivity (Wildman–Crippen MR) is 95.4 cm³/mol. The van der Waals surface area contributed by atoms with Crippen molar-refractivity contribution in [3.8, 4) is 0 Å². The smallest absolute Gasteiger partial charge is 0.0903 e. The van der Waals surface area contributed by atoms with Crippen molar-refractivity contribution in [3.05, 3.63) is 0 Å². The lowest BCUT2D eigenvalue weighted by Crippen LogP contribution is -2.37. The Morgan fingerprint density at radius 1 is 0.636 bits per heavy atom. The summed E-state index contributed by atoms with van der Waals surface area (Å²) in [5.41, 5.74) is 0. The molecule has 0 aromatic rings. The van der Waals surface area contributed by atoms with E-state index in [1.54, 1.807) is 13.8 Å². The lowest BCUT2D eigenvalue weighted by atomic mass is 10.1. The summed E-state index contributed by atoms with van der Waals surface area (Å²) in [6.45, 7) is 2.69. The Labute approximate surface area is 161 Å². The average Bonchev–Trinajstić information content (AvgIpc) is 2.50. The largest absolute Gasteiger partial charge is 0.395 e. The van der Waals surface area contributed by atoms with Gasteiger partial charge in [0.15, 0.2) is 0 Å². The molecule has 10 heteroatoms. The van der Waals surface area contributed by atoms with Gasteiger partial charge in [0.05, 0.1) is 46.9 Å². The van der Waals surface area contributed by atoms with Gasteiger partial charge in [-0.05, 0) is 13.8 Å². The molecule has 0 aliphatic heterocycles. The number of hydrogen-bond acceptors (Lipinski definition) is 4. The number of hydrogen-bond donors (Lipinski definition) is 4. The topological polar surface area (TPSA) is 80.9 Å². The summed E-state index contributed by atoms with van der Waals surface area (Å²) in [7, 11) is 0. The Bertz CT molecular complexity index is 246. The Balaban J connectivity index is 0. The van der Waals surface area contributed by atoms with Crippen LogP contribution < -0.4 is 0 Å². The number of aliphatic hydroxyl groups excluding tert-OH is 4. The number of alkyl halides is 6. The highest BCUT2D eigenvalue weighted by atomic mass is 35.5. The van der Waals surface area contributed by atoms with Crippen LogP contribution in [0.3, 0.4) is 0 Å². The number of rotatable bonds is 8. The fourth-order valence-electron chi connectivity index (χ4n) is 1.16. The summed E-state index contributed by atoms with van der Waals surface area (Å²) in [5.74, 6) is 0. The molecule has 0 aromatic heterocycles. The van der Waals surface area contributed by atoms with Gasteiger partial charge in [0.1, 0.15) is 0 Å². The molecule has 0 aromatic carbocycles. The molecule has 136 valence electrons. The van der Waals surface area contributed by atoms with Gasteiger partial charge in [-0.1, -0.05) is 0 Å². The highest BCUT2D eigenvalue weighted by molar-refractivity contribution is 6.31. The third-order valence-corrected chi connectivity index (χ3v) is 5.49. The highest BCUT2D eigenvalue weighted by Gasteiger charge is 2.28. The van der Waals surface area contributed by atoms with Crippen molar-refractivity contribution in [3.63, 3.8) is 0 Å². The first-order valence-corrected chi connectivity index (χ1v) is 9.05. The van der Waals surface area contributed by atoms with E-state index in [4.69, 9.17) is 79.8 Å². The minimum Gasteiger partial charge on any atom is -0.395 e. The van der Waals surface area contributed by atoms with Crippen LogP contribution in [-0.2, 0) is 0 Å². The van der Waals surface area contributed by atoms with E-state index in [-0.39, 0.29) is 24.0 Å². The van der Waals surface area contributed by atoms with Gasteiger partial charge in [0, 0.05) is 10.8 Å². The maximum Gasteiger partial charge on any atom is 0.0903 e. The van der Waals surface area contributed by atoms with Gasteiger partial charge in [-0.25, -0.2) is 0 Å². The molecule has 0 rings (SSSR count). The first kappa shape index (κ1) is 25.8. The van der Waals surface area contributed by atoms with Crippen LogP contribution >= 0.6 is 69.6 Å². The van der Waals surface area contributed by atoms with Gasteiger partial charge in [-0.3, -0.25) is 0 Å². The van der Waals surface area contributed by atoms with Gasteiger partial charge >= 0.3 is 0 Å². The van der Waals surface area contributed by atoms with Crippen molar-refractivity contribution in [2.45, 2.75) is 58.3 Å². The van der Waals surface area contributed by atoms with Crippen LogP contribution in [0.15, 0.2) is 0 Å². The second-order valence-corrected chi connectivity index (χ2v) is 8.13. The molecule has 0 unspecified atom stereocenters. The first-order chi connectivity index (χ1) is 10.0. The minimum absolute atomic E-state index is 0.310. The lowest BCUT2D eigenvalue weighted by molar-refractivity contribution is 0.132. The maximum absolute atomic E-state index is 9.25. The molecule has 0 aliphatic rings. The van der Waals surface area contributed by atoms with Crippen LogP contribution in [0.2, 0.25) is 0 Å². The molecule has 0 saturated carbocycles. The van der Waals surface area contributed by atoms with Crippen molar-refractivity contribution >= 4 is 69.6 Å². The lowest BCUT2D eigenvalue weighted by Gasteiger charge is -2.21. The average molecular weight is 443 g/mol. The van der Waals surface area contributed by atoms with Crippen LogP contribution in [0, 0.1) is 0 Å². The third kappa shape index (κ3) is 10.4. The van der Waals surface area contributed by atoms with E-state index in [0.717, 1.165) is 0 Å². The van der Waals surface area contributed by atoms with Crippen molar-refractivity contribution in [1.82, 2.24) is 0 Å². The normalized spacial score (nSPS) is 22.4. The molecule has 0 aliphatic carbocycles. The first-order valence-electron chi connectivity index (χ1n) is 6.43. The fourth-order valence-corrected chi connectivity index (χ4v) is 2.27. The molecular formula is C12H22Cl6O4. The van der Waals surface area contributed by atoms with Crippen LogP contribution in [0.1, 0.15) is 13.8 Å². The summed E-state index contributed by atoms with van der Waals surface area (Å²) in [5, 5.41) is 32.1. The second-order valence-electron chi connectivity index (χ2n) is 4.62. The van der Waals surface area contributed by atoms with Gasteiger partial charge in [-0.15, -0.1) is 69.6 Å². The Kier molecular flexibility index (Phi) is 16.2. The van der Waals surface area contributed by atoms with E-state index in [9.17, 15) is 10.2 Å². The Morgan fingerprint density at radius 2 is 0.864 bits per heavy atom. The summed E-state index contributed by atoms with van der Waals surface area (Å²) in [4.78, 5) is 0. The van der Waals surface area contributed by atoms with Crippen LogP contribution in [-0.4, -0.2) is 78.1 Å². The van der Waals surface area contributed by atoms with E-state index in [0.29, 0.717) is 0 Å². The third-order valence-electron chi connectivity index (χ3n) is 2.62. The van der Waals surface area contributed by atoms with Crippen LogP contribution in [0.5, 0.6) is 0 Å². The van der Waals surface area contributed by atoms with E-state index in [2.05, 4.69) is 0 Å². The fraction of sp³-hybridized carbons (Fsp3) is 1.00. The zero-order valence-corrected chi connectivity index (χ0v) is 16.6. The molecular weight excluding hydrogens is 421 g/mol. The van der Waals surface area contributed by atoms with Crippen molar-refractivity contribution in [2.75, 3.05) is 13.2 Å². The van der Waals surface area contributed by atoms with Gasteiger partial charge in [0.25, 0.3) is 0 Å². The molecule has 22 heavy (non-hydrogen) atoms. The summed E-state index contributed by atoms with van der Waals surface area (Å²) >= 11 is 33.5. The zero-order chi connectivity index (χ0) is 18.0. The van der Waals surface area contributed by atoms with Gasteiger partial charge in [-0.2, -0.15) is 0 Å². The summed E-state index contributed by atoms with van der Waals surface area (Å²) < 4.78 is 0. The van der Waals surface area contributed by atoms with Gasteiger partial charge < -0.3 is 20.4 Å². The molecule has 4 nitrogen and oxygen atoms in total. The van der Waals surface area contributed by atoms with Gasteiger partial charge in [0.2, 0.25) is 0 Å². The van der Waals surface area contributed by atoms with E-state index >= 15 is 0 Å². The highest BCUT2D eigenvalue weighted by Crippen LogP contribution is 2.19.